The van der Waals surface area contributed by atoms with Gasteiger partial charge in [0.25, 0.3) is 0 Å². The molecule has 0 aliphatic heterocycles. The lowest BCUT2D eigenvalue weighted by atomic mass is 10.1. The molecule has 7 heteroatoms. The molecule has 2 aromatic heterocycles. The van der Waals surface area contributed by atoms with E-state index in [1.165, 1.54) is 4.68 Å². The van der Waals surface area contributed by atoms with E-state index >= 15 is 0 Å². The maximum atomic E-state index is 9.61. The summed E-state index contributed by atoms with van der Waals surface area (Å²) < 4.78 is 6.74. The Labute approximate surface area is 153 Å². The molecule has 0 aliphatic rings. The molecule has 0 unspecified atom stereocenters. The predicted molar refractivity (Wildman–Crippen MR) is 101 cm³/mol. The van der Waals surface area contributed by atoms with Crippen LogP contribution in [0, 0.1) is 11.3 Å². The number of aromatic nitrogens is 4. The Morgan fingerprint density at radius 2 is 2.04 bits per heavy atom. The number of nitrogens with zero attached hydrogens (tertiary/aromatic N) is 5. The minimum absolute atomic E-state index is 0.296. The molecule has 0 atom stereocenters. The fourth-order valence-corrected chi connectivity index (χ4v) is 2.91. The Morgan fingerprint density at radius 1 is 1.19 bits per heavy atom. The Bertz CT molecular complexity index is 1210. The van der Waals surface area contributed by atoms with Crippen LogP contribution in [-0.2, 0) is 0 Å². The lowest BCUT2D eigenvalue weighted by Gasteiger charge is -2.06. The molecule has 6 nitrogen and oxygen atoms in total. The maximum Gasteiger partial charge on any atom is 0.145 e. The third-order valence-corrected chi connectivity index (χ3v) is 4.29. The molecule has 0 bridgehead atoms. The van der Waals surface area contributed by atoms with Gasteiger partial charge in [-0.15, -0.1) is 5.10 Å². The summed E-state index contributed by atoms with van der Waals surface area (Å²) in [5.41, 5.74) is 3.11. The quantitative estimate of drug-likeness (QED) is 0.404. The minimum Gasteiger partial charge on any atom is -0.497 e. The van der Waals surface area contributed by atoms with Crippen LogP contribution in [0.15, 0.2) is 48.5 Å². The first-order valence-corrected chi connectivity index (χ1v) is 8.14. The molecule has 0 saturated heterocycles. The number of halogens is 1. The first-order valence-electron chi connectivity index (χ1n) is 7.76. The van der Waals surface area contributed by atoms with Crippen molar-refractivity contribution in [1.82, 2.24) is 20.0 Å². The molecular weight excluding hydrogens is 350 g/mol. The summed E-state index contributed by atoms with van der Waals surface area (Å²) in [7, 11) is 1.61. The normalized spacial score (nSPS) is 11.7. The lowest BCUT2D eigenvalue weighted by molar-refractivity contribution is 0.415. The zero-order valence-electron chi connectivity index (χ0n) is 13.7. The van der Waals surface area contributed by atoms with E-state index in [1.807, 2.05) is 48.5 Å². The molecule has 0 amide bonds. The molecule has 4 aromatic rings. The highest BCUT2D eigenvalue weighted by molar-refractivity contribution is 6.31. The van der Waals surface area contributed by atoms with Crippen molar-refractivity contribution in [3.8, 4) is 11.8 Å². The number of fused-ring (bicyclic) bond motifs is 2. The Morgan fingerprint density at radius 3 is 2.85 bits per heavy atom. The minimum atomic E-state index is 0.296. The van der Waals surface area contributed by atoms with Gasteiger partial charge in [0.05, 0.1) is 18.1 Å². The van der Waals surface area contributed by atoms with Gasteiger partial charge in [0, 0.05) is 10.9 Å². The number of allylic oxidation sites excluding steroid dienone is 1. The molecule has 0 N–H and O–H groups in total. The van der Waals surface area contributed by atoms with E-state index in [0.717, 1.165) is 22.2 Å². The summed E-state index contributed by atoms with van der Waals surface area (Å²) in [4.78, 5) is 4.39. The Balaban J connectivity index is 1.87. The number of nitriles is 1. The summed E-state index contributed by atoms with van der Waals surface area (Å²) in [6.45, 7) is 0. The van der Waals surface area contributed by atoms with E-state index in [4.69, 9.17) is 16.3 Å². The lowest BCUT2D eigenvalue weighted by Crippen LogP contribution is -1.98. The van der Waals surface area contributed by atoms with Gasteiger partial charge in [-0.2, -0.15) is 5.26 Å². The summed E-state index contributed by atoms with van der Waals surface area (Å²) in [6.07, 6.45) is 1.65. The van der Waals surface area contributed by atoms with E-state index in [-0.39, 0.29) is 0 Å². The van der Waals surface area contributed by atoms with Gasteiger partial charge >= 0.3 is 0 Å². The number of pyridine rings is 1. The molecular formula is C19H12ClN5O. The van der Waals surface area contributed by atoms with Crippen molar-refractivity contribution in [1.29, 1.82) is 5.26 Å². The third-order valence-electron chi connectivity index (χ3n) is 3.99. The van der Waals surface area contributed by atoms with E-state index in [0.29, 0.717) is 21.9 Å². The van der Waals surface area contributed by atoms with Gasteiger partial charge in [0.1, 0.15) is 28.2 Å². The number of hydrogen-bond donors (Lipinski definition) is 0. The van der Waals surface area contributed by atoms with Gasteiger partial charge in [0.15, 0.2) is 0 Å². The number of benzene rings is 2. The second-order valence-electron chi connectivity index (χ2n) is 5.56. The molecule has 4 rings (SSSR count). The monoisotopic (exact) mass is 361 g/mol. The van der Waals surface area contributed by atoms with Gasteiger partial charge in [-0.25, -0.2) is 9.67 Å². The SMILES string of the molecule is COc1ccc2nc(Cl)c(C=C(C#N)n3nnc4ccccc43)cc2c1. The second kappa shape index (κ2) is 6.47. The van der Waals surface area contributed by atoms with Crippen molar-refractivity contribution in [2.75, 3.05) is 7.11 Å². The van der Waals surface area contributed by atoms with Gasteiger partial charge in [0.2, 0.25) is 0 Å². The first-order chi connectivity index (χ1) is 12.7. The van der Waals surface area contributed by atoms with Crippen molar-refractivity contribution in [2.24, 2.45) is 0 Å². The van der Waals surface area contributed by atoms with E-state index in [9.17, 15) is 5.26 Å². The van der Waals surface area contributed by atoms with Crippen molar-refractivity contribution in [2.45, 2.75) is 0 Å². The topological polar surface area (TPSA) is 76.6 Å². The zero-order chi connectivity index (χ0) is 18.1. The molecule has 126 valence electrons. The zero-order valence-corrected chi connectivity index (χ0v) is 14.5. The predicted octanol–water partition coefficient (Wildman–Crippen LogP) is 4.16. The smallest absolute Gasteiger partial charge is 0.145 e. The van der Waals surface area contributed by atoms with Crippen molar-refractivity contribution in [3.63, 3.8) is 0 Å². The number of para-hydroxylation sites is 1. The average Bonchev–Trinajstić information content (AvgIpc) is 3.10. The van der Waals surface area contributed by atoms with Crippen molar-refractivity contribution < 1.29 is 4.74 Å². The third kappa shape index (κ3) is 2.75. The summed E-state index contributed by atoms with van der Waals surface area (Å²) >= 11 is 6.32. The average molecular weight is 362 g/mol. The number of hydrogen-bond acceptors (Lipinski definition) is 5. The fourth-order valence-electron chi connectivity index (χ4n) is 2.71. The van der Waals surface area contributed by atoms with Gasteiger partial charge in [-0.3, -0.25) is 0 Å². The van der Waals surface area contributed by atoms with Crippen molar-refractivity contribution in [3.05, 3.63) is 59.2 Å². The highest BCUT2D eigenvalue weighted by atomic mass is 35.5. The van der Waals surface area contributed by atoms with Gasteiger partial charge < -0.3 is 4.74 Å². The van der Waals surface area contributed by atoms with Crippen LogP contribution in [0.5, 0.6) is 5.75 Å². The van der Waals surface area contributed by atoms with Gasteiger partial charge in [-0.1, -0.05) is 28.9 Å². The highest BCUT2D eigenvalue weighted by Gasteiger charge is 2.11. The van der Waals surface area contributed by atoms with Crippen LogP contribution in [0.25, 0.3) is 33.7 Å². The second-order valence-corrected chi connectivity index (χ2v) is 5.92. The van der Waals surface area contributed by atoms with E-state index in [2.05, 4.69) is 21.4 Å². The Kier molecular flexibility index (Phi) is 3.99. The molecule has 0 fully saturated rings. The highest BCUT2D eigenvalue weighted by Crippen LogP contribution is 2.27. The van der Waals surface area contributed by atoms with Crippen LogP contribution in [0.1, 0.15) is 5.56 Å². The van der Waals surface area contributed by atoms with E-state index < -0.39 is 0 Å². The molecule has 0 saturated carbocycles. The molecule has 0 aliphatic carbocycles. The van der Waals surface area contributed by atoms with Crippen LogP contribution in [0.2, 0.25) is 5.15 Å². The molecule has 26 heavy (non-hydrogen) atoms. The summed E-state index contributed by atoms with van der Waals surface area (Å²) in [5.74, 6) is 0.722. The number of methoxy groups -OCH3 is 1. The first kappa shape index (κ1) is 16.1. The van der Waals surface area contributed by atoms with Crippen LogP contribution in [0.4, 0.5) is 0 Å². The molecule has 0 spiro atoms. The Hall–Kier alpha value is -3.43. The fraction of sp³-hybridized carbons (Fsp3) is 0.0526. The summed E-state index contributed by atoms with van der Waals surface area (Å²) in [6, 6.07) is 17.0. The van der Waals surface area contributed by atoms with Crippen molar-refractivity contribution >= 4 is 45.3 Å². The molecule has 0 radical (unpaired) electrons. The molecule has 2 aromatic carbocycles. The largest absolute Gasteiger partial charge is 0.497 e. The molecule has 2 heterocycles. The van der Waals surface area contributed by atoms with Crippen LogP contribution >= 0.6 is 11.6 Å². The maximum absolute atomic E-state index is 9.61. The standard InChI is InChI=1S/C19H12ClN5O/c1-26-15-6-7-16-12(10-15)8-13(19(20)22-16)9-14(11-21)25-18-5-3-2-4-17(18)23-24-25/h2-10H,1H3. The number of ether oxygens (including phenoxy) is 1. The van der Waals surface area contributed by atoms with Gasteiger partial charge in [-0.05, 0) is 42.5 Å². The summed E-state index contributed by atoms with van der Waals surface area (Å²) in [5, 5.41) is 18.9. The van der Waals surface area contributed by atoms with Crippen LogP contribution < -0.4 is 4.74 Å². The van der Waals surface area contributed by atoms with Crippen LogP contribution in [0.3, 0.4) is 0 Å². The van der Waals surface area contributed by atoms with E-state index in [1.54, 1.807) is 13.2 Å². The number of rotatable bonds is 3. The van der Waals surface area contributed by atoms with Crippen LogP contribution in [-0.4, -0.2) is 27.1 Å².